The molecular weight excluding hydrogens is 364 g/mol. The fourth-order valence-electron chi connectivity index (χ4n) is 4.24. The van der Waals surface area contributed by atoms with Crippen molar-refractivity contribution in [1.82, 2.24) is 9.78 Å². The molecule has 1 aromatic heterocycles. The number of hydrogen-bond acceptors (Lipinski definition) is 3. The van der Waals surface area contributed by atoms with Gasteiger partial charge in [-0.3, -0.25) is 9.59 Å². The molecule has 2 aromatic carbocycles. The maximum atomic E-state index is 12.3. The van der Waals surface area contributed by atoms with Crippen molar-refractivity contribution in [3.05, 3.63) is 88.2 Å². The van der Waals surface area contributed by atoms with Gasteiger partial charge in [0.15, 0.2) is 0 Å². The molecule has 0 saturated heterocycles. The van der Waals surface area contributed by atoms with Crippen LogP contribution in [0.3, 0.4) is 0 Å². The Labute approximate surface area is 169 Å². The van der Waals surface area contributed by atoms with Gasteiger partial charge in [0.2, 0.25) is 0 Å². The highest BCUT2D eigenvalue weighted by molar-refractivity contribution is 5.76. The molecular formula is C24H24N2O3. The van der Waals surface area contributed by atoms with Gasteiger partial charge in [-0.1, -0.05) is 67.4 Å². The largest absolute Gasteiger partial charge is 0.481 e. The normalized spacial score (nSPS) is 15.3. The van der Waals surface area contributed by atoms with Crippen LogP contribution in [0.25, 0.3) is 11.3 Å². The standard InChI is InChI=1S/C24H24N2O3/c27-22-15-14-21(18-6-2-1-3-7-18)25-26(22)16-17-10-12-20(13-11-17)23(24(28)29)19-8-4-5-9-19/h1-3,6-7,10-15,19,23H,4-5,8-9,16H2,(H,28,29)/t23-/m0/s1. The molecule has 4 rings (SSSR count). The van der Waals surface area contributed by atoms with Gasteiger partial charge in [-0.05, 0) is 36.0 Å². The summed E-state index contributed by atoms with van der Waals surface area (Å²) in [4.78, 5) is 24.1. The minimum absolute atomic E-state index is 0.164. The molecule has 148 valence electrons. The van der Waals surface area contributed by atoms with E-state index in [1.807, 2.05) is 54.6 Å². The molecule has 29 heavy (non-hydrogen) atoms. The molecule has 1 atom stereocenters. The number of carboxylic acid groups (broad SMARTS) is 1. The highest BCUT2D eigenvalue weighted by Gasteiger charge is 2.31. The average molecular weight is 388 g/mol. The lowest BCUT2D eigenvalue weighted by Crippen LogP contribution is -2.23. The molecule has 0 aliphatic heterocycles. The van der Waals surface area contributed by atoms with Gasteiger partial charge in [-0.2, -0.15) is 5.10 Å². The molecule has 1 fully saturated rings. The quantitative estimate of drug-likeness (QED) is 0.683. The lowest BCUT2D eigenvalue weighted by atomic mass is 9.84. The van der Waals surface area contributed by atoms with Crippen LogP contribution < -0.4 is 5.56 Å². The van der Waals surface area contributed by atoms with Crippen molar-refractivity contribution in [1.29, 1.82) is 0 Å². The SMILES string of the molecule is O=C(O)[C@H](c1ccc(Cn2nc(-c3ccccc3)ccc2=O)cc1)C1CCCC1. The summed E-state index contributed by atoms with van der Waals surface area (Å²) < 4.78 is 1.45. The van der Waals surface area contributed by atoms with Crippen LogP contribution in [-0.2, 0) is 11.3 Å². The third-order valence-corrected chi connectivity index (χ3v) is 5.74. The van der Waals surface area contributed by atoms with Gasteiger partial charge in [0, 0.05) is 11.6 Å². The zero-order valence-electron chi connectivity index (χ0n) is 16.2. The van der Waals surface area contributed by atoms with Crippen LogP contribution in [0.4, 0.5) is 0 Å². The van der Waals surface area contributed by atoms with Gasteiger partial charge in [0.25, 0.3) is 5.56 Å². The highest BCUT2D eigenvalue weighted by atomic mass is 16.4. The van der Waals surface area contributed by atoms with Gasteiger partial charge < -0.3 is 5.11 Å². The Bertz CT molecular complexity index is 1040. The van der Waals surface area contributed by atoms with E-state index in [2.05, 4.69) is 5.10 Å². The Morgan fingerprint density at radius 3 is 2.34 bits per heavy atom. The van der Waals surface area contributed by atoms with Crippen LogP contribution in [0.15, 0.2) is 71.5 Å². The minimum Gasteiger partial charge on any atom is -0.481 e. The zero-order chi connectivity index (χ0) is 20.2. The van der Waals surface area contributed by atoms with E-state index < -0.39 is 11.9 Å². The molecule has 1 aliphatic carbocycles. The number of nitrogens with zero attached hydrogens (tertiary/aromatic N) is 2. The first-order chi connectivity index (χ1) is 14.1. The molecule has 0 bridgehead atoms. The molecule has 1 aliphatic rings. The van der Waals surface area contributed by atoms with E-state index >= 15 is 0 Å². The van der Waals surface area contributed by atoms with Crippen molar-refractivity contribution in [3.63, 3.8) is 0 Å². The van der Waals surface area contributed by atoms with Crippen molar-refractivity contribution < 1.29 is 9.90 Å². The van der Waals surface area contributed by atoms with E-state index in [-0.39, 0.29) is 11.5 Å². The van der Waals surface area contributed by atoms with Crippen molar-refractivity contribution >= 4 is 5.97 Å². The van der Waals surface area contributed by atoms with Crippen LogP contribution in [-0.4, -0.2) is 20.9 Å². The van der Waals surface area contributed by atoms with Gasteiger partial charge >= 0.3 is 5.97 Å². The number of aliphatic carboxylic acids is 1. The Hall–Kier alpha value is -3.21. The second-order valence-corrected chi connectivity index (χ2v) is 7.68. The van der Waals surface area contributed by atoms with Crippen LogP contribution in [0.1, 0.15) is 42.7 Å². The molecule has 3 aromatic rings. The molecule has 0 radical (unpaired) electrons. The third-order valence-electron chi connectivity index (χ3n) is 5.74. The maximum absolute atomic E-state index is 12.3. The second-order valence-electron chi connectivity index (χ2n) is 7.68. The van der Waals surface area contributed by atoms with E-state index in [4.69, 9.17) is 0 Å². The lowest BCUT2D eigenvalue weighted by Gasteiger charge is -2.20. The number of carbonyl (C=O) groups is 1. The van der Waals surface area contributed by atoms with Gasteiger partial charge in [0.05, 0.1) is 18.2 Å². The number of carboxylic acids is 1. The van der Waals surface area contributed by atoms with Crippen LogP contribution in [0, 0.1) is 5.92 Å². The van der Waals surface area contributed by atoms with Crippen LogP contribution in [0.2, 0.25) is 0 Å². The van der Waals surface area contributed by atoms with Crippen LogP contribution in [0.5, 0.6) is 0 Å². The van der Waals surface area contributed by atoms with Gasteiger partial charge in [0.1, 0.15) is 0 Å². The third kappa shape index (κ3) is 4.29. The molecule has 1 N–H and O–H groups in total. The summed E-state index contributed by atoms with van der Waals surface area (Å²) in [7, 11) is 0. The second kappa shape index (κ2) is 8.43. The maximum Gasteiger partial charge on any atom is 0.311 e. The molecule has 0 amide bonds. The number of benzene rings is 2. The summed E-state index contributed by atoms with van der Waals surface area (Å²) >= 11 is 0. The molecule has 5 nitrogen and oxygen atoms in total. The van der Waals surface area contributed by atoms with Crippen molar-refractivity contribution in [2.45, 2.75) is 38.1 Å². The van der Waals surface area contributed by atoms with Crippen molar-refractivity contribution in [3.8, 4) is 11.3 Å². The Kier molecular flexibility index (Phi) is 5.56. The van der Waals surface area contributed by atoms with Gasteiger partial charge in [-0.15, -0.1) is 0 Å². The predicted octanol–water partition coefficient (Wildman–Crippen LogP) is 4.32. The van der Waals surface area contributed by atoms with E-state index in [1.165, 1.54) is 10.7 Å². The predicted molar refractivity (Wildman–Crippen MR) is 112 cm³/mol. The number of aromatic nitrogens is 2. The van der Waals surface area contributed by atoms with E-state index in [0.717, 1.165) is 48.1 Å². The van der Waals surface area contributed by atoms with Gasteiger partial charge in [-0.25, -0.2) is 4.68 Å². The Morgan fingerprint density at radius 2 is 1.69 bits per heavy atom. The van der Waals surface area contributed by atoms with Crippen molar-refractivity contribution in [2.75, 3.05) is 0 Å². The smallest absolute Gasteiger partial charge is 0.311 e. The minimum atomic E-state index is -0.752. The molecule has 1 heterocycles. The molecule has 0 unspecified atom stereocenters. The molecule has 5 heteroatoms. The summed E-state index contributed by atoms with van der Waals surface area (Å²) in [6.07, 6.45) is 4.17. The van der Waals surface area contributed by atoms with E-state index in [1.54, 1.807) is 6.07 Å². The summed E-state index contributed by atoms with van der Waals surface area (Å²) in [5.41, 5.74) is 3.30. The zero-order valence-corrected chi connectivity index (χ0v) is 16.2. The van der Waals surface area contributed by atoms with Crippen molar-refractivity contribution in [2.24, 2.45) is 5.92 Å². The molecule has 1 saturated carbocycles. The first-order valence-electron chi connectivity index (χ1n) is 10.1. The highest BCUT2D eigenvalue weighted by Crippen LogP contribution is 2.37. The first kappa shape index (κ1) is 19.1. The number of hydrogen-bond donors (Lipinski definition) is 1. The average Bonchev–Trinajstić information content (AvgIpc) is 3.26. The summed E-state index contributed by atoms with van der Waals surface area (Å²) in [5.74, 6) is -0.989. The summed E-state index contributed by atoms with van der Waals surface area (Å²) in [6.45, 7) is 0.348. The molecule has 0 spiro atoms. The lowest BCUT2D eigenvalue weighted by molar-refractivity contribution is -0.140. The fraction of sp³-hybridized carbons (Fsp3) is 0.292. The Balaban J connectivity index is 1.56. The summed E-state index contributed by atoms with van der Waals surface area (Å²) in [6, 6.07) is 20.6. The van der Waals surface area contributed by atoms with Crippen LogP contribution >= 0.6 is 0 Å². The van der Waals surface area contributed by atoms with E-state index in [0.29, 0.717) is 6.54 Å². The Morgan fingerprint density at radius 1 is 1.00 bits per heavy atom. The topological polar surface area (TPSA) is 72.2 Å². The summed E-state index contributed by atoms with van der Waals surface area (Å²) in [5, 5.41) is 14.2. The monoisotopic (exact) mass is 388 g/mol. The van der Waals surface area contributed by atoms with E-state index in [9.17, 15) is 14.7 Å². The first-order valence-corrected chi connectivity index (χ1v) is 10.1. The number of rotatable bonds is 6. The fourth-order valence-corrected chi connectivity index (χ4v) is 4.24.